The molecule has 0 spiro atoms. The number of likely N-dealkylation sites (tertiary alicyclic amines) is 1. The van der Waals surface area contributed by atoms with Crippen molar-refractivity contribution >= 4 is 43.4 Å². The summed E-state index contributed by atoms with van der Waals surface area (Å²) in [5.74, 6) is -0.113. The van der Waals surface area contributed by atoms with Gasteiger partial charge in [0.1, 0.15) is 9.71 Å². The molecule has 5 nitrogen and oxygen atoms in total. The van der Waals surface area contributed by atoms with Crippen LogP contribution in [-0.2, 0) is 0 Å². The fourth-order valence-electron chi connectivity index (χ4n) is 3.20. The molecule has 0 bridgehead atoms. The Balaban J connectivity index is 1.87. The van der Waals surface area contributed by atoms with Gasteiger partial charge in [0.15, 0.2) is 0 Å². The molecule has 1 saturated heterocycles. The Kier molecular flexibility index (Phi) is 4.46. The molecule has 1 aliphatic rings. The van der Waals surface area contributed by atoms with Crippen molar-refractivity contribution < 1.29 is 9.90 Å². The topological polar surface area (TPSA) is 62.5 Å². The van der Waals surface area contributed by atoms with E-state index in [9.17, 15) is 14.7 Å². The van der Waals surface area contributed by atoms with Gasteiger partial charge < -0.3 is 10.0 Å². The quantitative estimate of drug-likeness (QED) is 0.675. The van der Waals surface area contributed by atoms with E-state index in [0.29, 0.717) is 28.9 Å². The van der Waals surface area contributed by atoms with Gasteiger partial charge >= 0.3 is 0 Å². The lowest BCUT2D eigenvalue weighted by Gasteiger charge is -2.14. The predicted molar refractivity (Wildman–Crippen MR) is 106 cm³/mol. The van der Waals surface area contributed by atoms with Gasteiger partial charge in [-0.05, 0) is 47.5 Å². The Morgan fingerprint density at radius 2 is 1.96 bits per heavy atom. The normalized spacial score (nSPS) is 17.2. The lowest BCUT2D eigenvalue weighted by Crippen LogP contribution is -2.29. The summed E-state index contributed by atoms with van der Waals surface area (Å²) >= 11 is 4.85. The lowest BCUT2D eigenvalue weighted by molar-refractivity contribution is 0.0769. The maximum absolute atomic E-state index is 12.9. The van der Waals surface area contributed by atoms with Gasteiger partial charge in [0.2, 0.25) is 0 Å². The fourth-order valence-corrected chi connectivity index (χ4v) is 5.24. The van der Waals surface area contributed by atoms with Crippen LogP contribution in [0.4, 0.5) is 0 Å². The molecule has 1 aliphatic heterocycles. The van der Waals surface area contributed by atoms with E-state index in [4.69, 9.17) is 0 Å². The first kappa shape index (κ1) is 17.5. The average molecular weight is 433 g/mol. The highest BCUT2D eigenvalue weighted by Crippen LogP contribution is 2.37. The number of aryl methyl sites for hydroxylation is 1. The van der Waals surface area contributed by atoms with Crippen LogP contribution in [0.5, 0.6) is 0 Å². The van der Waals surface area contributed by atoms with Crippen LogP contribution in [0.2, 0.25) is 0 Å². The number of aliphatic hydroxyl groups is 1. The van der Waals surface area contributed by atoms with E-state index in [0.717, 1.165) is 21.5 Å². The van der Waals surface area contributed by atoms with Crippen LogP contribution in [0.3, 0.4) is 0 Å². The molecule has 0 saturated carbocycles. The van der Waals surface area contributed by atoms with Gasteiger partial charge in [-0.1, -0.05) is 17.7 Å². The molecule has 4 rings (SSSR count). The summed E-state index contributed by atoms with van der Waals surface area (Å²) < 4.78 is 2.34. The van der Waals surface area contributed by atoms with E-state index >= 15 is 0 Å². The van der Waals surface area contributed by atoms with E-state index in [1.165, 1.54) is 17.4 Å². The molecule has 0 unspecified atom stereocenters. The number of aliphatic hydroxyl groups excluding tert-OH is 1. The number of rotatable bonds is 2. The van der Waals surface area contributed by atoms with Crippen molar-refractivity contribution in [3.63, 3.8) is 0 Å². The van der Waals surface area contributed by atoms with Crippen LogP contribution < -0.4 is 5.56 Å². The van der Waals surface area contributed by atoms with Crippen molar-refractivity contribution in [1.82, 2.24) is 9.47 Å². The number of nitrogens with zero attached hydrogens (tertiary/aromatic N) is 2. The minimum atomic E-state index is -0.460. The van der Waals surface area contributed by atoms with E-state index in [2.05, 4.69) is 15.9 Å². The third-order valence-corrected chi connectivity index (χ3v) is 6.88. The van der Waals surface area contributed by atoms with Crippen molar-refractivity contribution in [1.29, 1.82) is 0 Å². The third-order valence-electron chi connectivity index (χ3n) is 4.62. The number of hydrogen-bond donors (Lipinski definition) is 1. The largest absolute Gasteiger partial charge is 0.391 e. The summed E-state index contributed by atoms with van der Waals surface area (Å²) in [6.07, 6.45) is 0.139. The molecular weight excluding hydrogens is 416 g/mol. The Labute approximate surface area is 162 Å². The van der Waals surface area contributed by atoms with Gasteiger partial charge in [0.05, 0.1) is 16.3 Å². The van der Waals surface area contributed by atoms with Crippen LogP contribution in [0.15, 0.2) is 45.7 Å². The van der Waals surface area contributed by atoms with Crippen molar-refractivity contribution in [3.05, 3.63) is 61.7 Å². The zero-order chi connectivity index (χ0) is 18.4. The number of hydrogen-bond acceptors (Lipinski definition) is 4. The molecule has 7 heteroatoms. The molecule has 3 heterocycles. The third kappa shape index (κ3) is 2.90. The van der Waals surface area contributed by atoms with Gasteiger partial charge in [-0.25, -0.2) is 0 Å². The molecule has 0 aliphatic carbocycles. The van der Waals surface area contributed by atoms with Gasteiger partial charge in [0.25, 0.3) is 11.5 Å². The zero-order valence-electron chi connectivity index (χ0n) is 14.1. The van der Waals surface area contributed by atoms with Crippen molar-refractivity contribution in [2.45, 2.75) is 19.4 Å². The molecule has 0 radical (unpaired) electrons. The highest BCUT2D eigenvalue weighted by atomic mass is 79.9. The summed E-state index contributed by atoms with van der Waals surface area (Å²) in [6.45, 7) is 2.89. The van der Waals surface area contributed by atoms with Gasteiger partial charge in [-0.15, -0.1) is 11.3 Å². The maximum Gasteiger partial charge on any atom is 0.265 e. The molecule has 2 aromatic heterocycles. The molecule has 134 valence electrons. The predicted octanol–water partition coefficient (Wildman–Crippen LogP) is 3.33. The van der Waals surface area contributed by atoms with Crippen LogP contribution in [0, 0.1) is 6.92 Å². The first-order valence-corrected chi connectivity index (χ1v) is 9.95. The van der Waals surface area contributed by atoms with Gasteiger partial charge in [0, 0.05) is 24.5 Å². The Morgan fingerprint density at radius 1 is 1.23 bits per heavy atom. The summed E-state index contributed by atoms with van der Waals surface area (Å²) in [4.78, 5) is 28.4. The molecule has 1 amide bonds. The molecule has 1 atom stereocenters. The van der Waals surface area contributed by atoms with Crippen molar-refractivity contribution in [2.75, 3.05) is 13.1 Å². The summed E-state index contributed by atoms with van der Waals surface area (Å²) in [7, 11) is 0. The van der Waals surface area contributed by atoms with Gasteiger partial charge in [-0.3, -0.25) is 14.2 Å². The average Bonchev–Trinajstić information content (AvgIpc) is 3.19. The molecular formula is C19H17BrN2O3S. The maximum atomic E-state index is 12.9. The Hall–Kier alpha value is -1.96. The van der Waals surface area contributed by atoms with Crippen molar-refractivity contribution in [3.8, 4) is 5.69 Å². The molecule has 1 fully saturated rings. The number of thiophene rings is 1. The van der Waals surface area contributed by atoms with E-state index in [1.54, 1.807) is 15.5 Å². The van der Waals surface area contributed by atoms with Crippen LogP contribution >= 0.6 is 27.3 Å². The number of fused-ring (bicyclic) bond motifs is 1. The lowest BCUT2D eigenvalue weighted by atomic mass is 10.2. The number of aromatic nitrogens is 1. The Bertz CT molecular complexity index is 1060. The smallest absolute Gasteiger partial charge is 0.265 e. The summed E-state index contributed by atoms with van der Waals surface area (Å²) in [6, 6.07) is 11.0. The molecule has 1 aromatic carbocycles. The number of benzene rings is 1. The standard InChI is InChI=1S/C19H17BrN2O3S/c1-11-2-4-12(5-3-11)22-15(24)7-6-14-16(20)17(26-19(14)22)18(25)21-9-8-13(23)10-21/h2-7,13,23H,8-10H2,1H3/t13-/m0/s1. The van der Waals surface area contributed by atoms with Crippen molar-refractivity contribution in [2.24, 2.45) is 0 Å². The number of halogens is 1. The van der Waals surface area contributed by atoms with E-state index < -0.39 is 6.10 Å². The van der Waals surface area contributed by atoms with Crippen LogP contribution in [0.25, 0.3) is 15.9 Å². The first-order valence-electron chi connectivity index (χ1n) is 8.34. The van der Waals surface area contributed by atoms with Gasteiger partial charge in [-0.2, -0.15) is 0 Å². The number of carbonyl (C=O) groups is 1. The van der Waals surface area contributed by atoms with E-state index in [-0.39, 0.29) is 11.5 Å². The second-order valence-corrected chi connectivity index (χ2v) is 8.29. The number of carbonyl (C=O) groups excluding carboxylic acids is 1. The minimum absolute atomic E-state index is 0.113. The highest BCUT2D eigenvalue weighted by Gasteiger charge is 2.29. The second-order valence-electron chi connectivity index (χ2n) is 6.50. The molecule has 26 heavy (non-hydrogen) atoms. The number of pyridine rings is 1. The first-order chi connectivity index (χ1) is 12.5. The molecule has 1 N–H and O–H groups in total. The second kappa shape index (κ2) is 6.64. The fraction of sp³-hybridized carbons (Fsp3) is 0.263. The SMILES string of the molecule is Cc1ccc(-n2c(=O)ccc3c(Br)c(C(=O)N4CC[C@H](O)C4)sc32)cc1. The monoisotopic (exact) mass is 432 g/mol. The highest BCUT2D eigenvalue weighted by molar-refractivity contribution is 9.10. The molecule has 3 aromatic rings. The Morgan fingerprint density at radius 3 is 2.62 bits per heavy atom. The van der Waals surface area contributed by atoms with Crippen LogP contribution in [-0.4, -0.2) is 39.7 Å². The van der Waals surface area contributed by atoms with E-state index in [1.807, 2.05) is 31.2 Å². The minimum Gasteiger partial charge on any atom is -0.391 e. The zero-order valence-corrected chi connectivity index (χ0v) is 16.5. The number of amides is 1. The summed E-state index contributed by atoms with van der Waals surface area (Å²) in [5.41, 5.74) is 1.76. The number of β-amino-alcohol motifs (C(OH)–C–C–N with tert-alkyl or cyclic N) is 1. The summed E-state index contributed by atoms with van der Waals surface area (Å²) in [5, 5.41) is 10.5. The van der Waals surface area contributed by atoms with Crippen LogP contribution in [0.1, 0.15) is 21.7 Å².